The van der Waals surface area contributed by atoms with Gasteiger partial charge in [0.2, 0.25) is 0 Å². The van der Waals surface area contributed by atoms with Gasteiger partial charge >= 0.3 is 0 Å². The zero-order valence-corrected chi connectivity index (χ0v) is 15.7. The highest BCUT2D eigenvalue weighted by molar-refractivity contribution is 5.64. The monoisotopic (exact) mass is 370 g/mol. The number of aliphatic hydroxyl groups excluding tert-OH is 1. The molecular formula is C24H22N2O2. The molecule has 3 aromatic carbocycles. The highest BCUT2D eigenvalue weighted by atomic mass is 16.5. The summed E-state index contributed by atoms with van der Waals surface area (Å²) in [6.45, 7) is 2.07. The van der Waals surface area contributed by atoms with Gasteiger partial charge in [-0.05, 0) is 60.5 Å². The predicted molar refractivity (Wildman–Crippen MR) is 111 cm³/mol. The second-order valence-electron chi connectivity index (χ2n) is 6.57. The summed E-state index contributed by atoms with van der Waals surface area (Å²) in [5, 5.41) is 14.4. The van der Waals surface area contributed by atoms with Crippen LogP contribution in [0.15, 0.2) is 85.1 Å². The van der Waals surface area contributed by atoms with Gasteiger partial charge in [0.1, 0.15) is 11.5 Å². The summed E-state index contributed by atoms with van der Waals surface area (Å²) in [6.07, 6.45) is 2.88. The summed E-state index contributed by atoms with van der Waals surface area (Å²) in [7, 11) is 0. The summed E-state index contributed by atoms with van der Waals surface area (Å²) in [5.74, 6) is 1.58. The van der Waals surface area contributed by atoms with Crippen LogP contribution in [-0.4, -0.2) is 14.9 Å². The lowest BCUT2D eigenvalue weighted by atomic mass is 10.1. The van der Waals surface area contributed by atoms with Gasteiger partial charge in [0, 0.05) is 17.3 Å². The number of para-hydroxylation sites is 1. The molecule has 0 atom stereocenters. The molecular weight excluding hydrogens is 348 g/mol. The molecule has 0 aliphatic carbocycles. The van der Waals surface area contributed by atoms with E-state index in [1.165, 1.54) is 5.56 Å². The fraction of sp³-hybridized carbons (Fsp3) is 0.125. The largest absolute Gasteiger partial charge is 0.457 e. The van der Waals surface area contributed by atoms with Gasteiger partial charge < -0.3 is 9.84 Å². The van der Waals surface area contributed by atoms with Crippen molar-refractivity contribution in [3.8, 4) is 28.4 Å². The Hall–Kier alpha value is -3.37. The van der Waals surface area contributed by atoms with Gasteiger partial charge in [0.25, 0.3) is 0 Å². The average Bonchev–Trinajstić information content (AvgIpc) is 3.20. The van der Waals surface area contributed by atoms with Crippen molar-refractivity contribution in [2.75, 3.05) is 0 Å². The van der Waals surface area contributed by atoms with E-state index >= 15 is 0 Å². The molecule has 0 saturated carbocycles. The van der Waals surface area contributed by atoms with Crippen LogP contribution in [0.25, 0.3) is 16.9 Å². The summed E-state index contributed by atoms with van der Waals surface area (Å²) < 4.78 is 7.72. The van der Waals surface area contributed by atoms with Crippen molar-refractivity contribution < 1.29 is 9.84 Å². The summed E-state index contributed by atoms with van der Waals surface area (Å²) in [6, 6.07) is 25.8. The molecule has 0 unspecified atom stereocenters. The number of rotatable bonds is 6. The number of hydrogen-bond donors (Lipinski definition) is 1. The van der Waals surface area contributed by atoms with Gasteiger partial charge in [-0.1, -0.05) is 37.3 Å². The van der Waals surface area contributed by atoms with Crippen LogP contribution < -0.4 is 4.74 Å². The Bertz CT molecular complexity index is 1040. The van der Waals surface area contributed by atoms with Crippen LogP contribution in [0.2, 0.25) is 0 Å². The molecule has 4 nitrogen and oxygen atoms in total. The van der Waals surface area contributed by atoms with E-state index in [0.717, 1.165) is 40.4 Å². The van der Waals surface area contributed by atoms with Crippen LogP contribution in [0.5, 0.6) is 11.5 Å². The van der Waals surface area contributed by atoms with Crippen molar-refractivity contribution in [1.82, 2.24) is 9.78 Å². The normalized spacial score (nSPS) is 10.8. The Kier molecular flexibility index (Phi) is 5.22. The minimum atomic E-state index is -0.0653. The van der Waals surface area contributed by atoms with Crippen LogP contribution in [0, 0.1) is 0 Å². The molecule has 0 aliphatic rings. The maximum atomic E-state index is 9.75. The van der Waals surface area contributed by atoms with Crippen LogP contribution in [0.1, 0.15) is 18.1 Å². The lowest BCUT2D eigenvalue weighted by Gasteiger charge is -2.07. The van der Waals surface area contributed by atoms with Gasteiger partial charge in [0.15, 0.2) is 0 Å². The molecule has 0 saturated heterocycles. The lowest BCUT2D eigenvalue weighted by Crippen LogP contribution is -1.94. The smallest absolute Gasteiger partial charge is 0.127 e. The molecule has 0 spiro atoms. The van der Waals surface area contributed by atoms with Crippen molar-refractivity contribution in [1.29, 1.82) is 0 Å². The molecule has 0 radical (unpaired) electrons. The molecule has 1 heterocycles. The number of aryl methyl sites for hydroxylation is 1. The first-order chi connectivity index (χ1) is 13.8. The molecule has 4 rings (SSSR count). The van der Waals surface area contributed by atoms with Gasteiger partial charge in [-0.3, -0.25) is 0 Å². The van der Waals surface area contributed by atoms with Crippen LogP contribution in [-0.2, 0) is 13.0 Å². The third-order valence-electron chi connectivity index (χ3n) is 4.68. The van der Waals surface area contributed by atoms with E-state index in [9.17, 15) is 5.11 Å². The third-order valence-corrected chi connectivity index (χ3v) is 4.68. The zero-order chi connectivity index (χ0) is 19.3. The lowest BCUT2D eigenvalue weighted by molar-refractivity contribution is 0.282. The molecule has 1 aromatic heterocycles. The first kappa shape index (κ1) is 18.0. The Morgan fingerprint density at radius 2 is 1.50 bits per heavy atom. The minimum Gasteiger partial charge on any atom is -0.457 e. The molecule has 0 fully saturated rings. The van der Waals surface area contributed by atoms with Gasteiger partial charge in [-0.25, -0.2) is 4.68 Å². The fourth-order valence-corrected chi connectivity index (χ4v) is 3.09. The second kappa shape index (κ2) is 8.11. The number of hydrogen-bond acceptors (Lipinski definition) is 3. The topological polar surface area (TPSA) is 47.3 Å². The van der Waals surface area contributed by atoms with Gasteiger partial charge in [-0.2, -0.15) is 5.10 Å². The average molecular weight is 370 g/mol. The minimum absolute atomic E-state index is 0.0653. The van der Waals surface area contributed by atoms with E-state index < -0.39 is 0 Å². The maximum absolute atomic E-state index is 9.75. The van der Waals surface area contributed by atoms with Gasteiger partial charge in [-0.15, -0.1) is 0 Å². The number of aromatic nitrogens is 2. The number of ether oxygens (including phenoxy) is 1. The van der Waals surface area contributed by atoms with E-state index in [1.807, 2.05) is 72.9 Å². The molecule has 0 amide bonds. The molecule has 4 aromatic rings. The highest BCUT2D eigenvalue weighted by Gasteiger charge is 2.12. The quantitative estimate of drug-likeness (QED) is 0.495. The highest BCUT2D eigenvalue weighted by Crippen LogP contribution is 2.28. The molecule has 0 aliphatic heterocycles. The van der Waals surface area contributed by atoms with Crippen molar-refractivity contribution >= 4 is 0 Å². The summed E-state index contributed by atoms with van der Waals surface area (Å²) >= 11 is 0. The first-order valence-electron chi connectivity index (χ1n) is 9.39. The van der Waals surface area contributed by atoms with E-state index in [1.54, 1.807) is 4.68 Å². The SMILES string of the molecule is CCc1ccc(Oc2ccc(-c3nn(-c4ccccc4)cc3CO)cc2)cc1. The van der Waals surface area contributed by atoms with Crippen LogP contribution >= 0.6 is 0 Å². The summed E-state index contributed by atoms with van der Waals surface area (Å²) in [5.41, 5.74) is 4.73. The Morgan fingerprint density at radius 3 is 2.11 bits per heavy atom. The number of aliphatic hydroxyl groups is 1. The molecule has 1 N–H and O–H groups in total. The maximum Gasteiger partial charge on any atom is 0.127 e. The van der Waals surface area contributed by atoms with Crippen molar-refractivity contribution in [3.05, 3.63) is 96.2 Å². The van der Waals surface area contributed by atoms with Crippen LogP contribution in [0.4, 0.5) is 0 Å². The Balaban J connectivity index is 1.57. The standard InChI is InChI=1S/C24H22N2O2/c1-2-18-8-12-22(13-9-18)28-23-14-10-19(11-15-23)24-20(17-27)16-26(25-24)21-6-4-3-5-7-21/h3-16,27H,2,17H2,1H3. The first-order valence-corrected chi connectivity index (χ1v) is 9.39. The number of nitrogens with zero attached hydrogens (tertiary/aromatic N) is 2. The van der Waals surface area contributed by atoms with Crippen molar-refractivity contribution in [2.24, 2.45) is 0 Å². The third kappa shape index (κ3) is 3.82. The number of benzene rings is 3. The van der Waals surface area contributed by atoms with E-state index in [2.05, 4.69) is 24.2 Å². The van der Waals surface area contributed by atoms with E-state index in [-0.39, 0.29) is 6.61 Å². The van der Waals surface area contributed by atoms with Gasteiger partial charge in [0.05, 0.1) is 18.0 Å². The Labute approximate surface area is 164 Å². The second-order valence-corrected chi connectivity index (χ2v) is 6.57. The van der Waals surface area contributed by atoms with Crippen molar-refractivity contribution in [3.63, 3.8) is 0 Å². The fourth-order valence-electron chi connectivity index (χ4n) is 3.09. The molecule has 140 valence electrons. The molecule has 28 heavy (non-hydrogen) atoms. The summed E-state index contributed by atoms with van der Waals surface area (Å²) in [4.78, 5) is 0. The van der Waals surface area contributed by atoms with Crippen LogP contribution in [0.3, 0.4) is 0 Å². The molecule has 0 bridgehead atoms. The zero-order valence-electron chi connectivity index (χ0n) is 15.7. The predicted octanol–water partition coefficient (Wildman–Crippen LogP) is 5.39. The van der Waals surface area contributed by atoms with Crippen molar-refractivity contribution in [2.45, 2.75) is 20.0 Å². The van der Waals surface area contributed by atoms with E-state index in [4.69, 9.17) is 4.74 Å². The van der Waals surface area contributed by atoms with E-state index in [0.29, 0.717) is 0 Å². The molecule has 4 heteroatoms. The Morgan fingerprint density at radius 1 is 0.857 bits per heavy atom.